The number of carboxylic acid groups (broad SMARTS) is 2. The minimum atomic E-state index is -4.94. The number of aliphatic carboxylic acids is 2. The molecule has 0 aromatic rings. The van der Waals surface area contributed by atoms with Gasteiger partial charge in [0.25, 0.3) is 10.1 Å². The summed E-state index contributed by atoms with van der Waals surface area (Å²) >= 11 is 0. The first-order chi connectivity index (χ1) is 5.25. The fourth-order valence-electron chi connectivity index (χ4n) is 0.462. The molecular weight excluding hydrogens is 215 g/mol. The fraction of sp³-hybridized carbons (Fsp3) is 0.500. The maximum Gasteiger partial charge on any atom is 1.00 e. The average Bonchev–Trinajstić information content (AvgIpc) is 1.79. The number of carbonyl (C=O) groups excluding carboxylic acids is 2. The third-order valence-corrected chi connectivity index (χ3v) is 2.05. The maximum absolute atomic E-state index is 10.2. The van der Waals surface area contributed by atoms with Gasteiger partial charge in [-0.2, -0.15) is 8.42 Å². The fourth-order valence-corrected chi connectivity index (χ4v) is 1.05. The maximum atomic E-state index is 10.2. The Morgan fingerprint density at radius 1 is 1.31 bits per heavy atom. The van der Waals surface area contributed by atoms with Crippen LogP contribution in [0.25, 0.3) is 0 Å². The standard InChI is InChI=1S/C4H6O7S.Na/c5-3(6)1-2(4(7)8)12(9,10)11;/h2H,1H2,(H,5,6)(H,7,8)(H,9,10,11);/q;+1/p-2. The largest absolute Gasteiger partial charge is 1.00 e. The Balaban J connectivity index is 0. The van der Waals surface area contributed by atoms with Crippen molar-refractivity contribution in [3.63, 3.8) is 0 Å². The van der Waals surface area contributed by atoms with Gasteiger partial charge in [-0.05, 0) is 0 Å². The van der Waals surface area contributed by atoms with Crippen molar-refractivity contribution in [2.75, 3.05) is 0 Å². The Hall–Kier alpha value is -0.150. The second kappa shape index (κ2) is 5.55. The van der Waals surface area contributed by atoms with Crippen LogP contribution in [0.5, 0.6) is 0 Å². The third-order valence-electron chi connectivity index (χ3n) is 0.975. The van der Waals surface area contributed by atoms with E-state index in [9.17, 15) is 28.2 Å². The van der Waals surface area contributed by atoms with E-state index in [0.717, 1.165) is 0 Å². The van der Waals surface area contributed by atoms with Crippen molar-refractivity contribution in [2.45, 2.75) is 11.7 Å². The molecule has 0 aliphatic carbocycles. The normalized spacial score (nSPS) is 12.7. The minimum Gasteiger partial charge on any atom is -0.550 e. The first kappa shape index (κ1) is 15.3. The summed E-state index contributed by atoms with van der Waals surface area (Å²) in [6.45, 7) is 0. The van der Waals surface area contributed by atoms with Crippen molar-refractivity contribution in [1.29, 1.82) is 0 Å². The molecule has 9 heteroatoms. The molecule has 0 radical (unpaired) electrons. The first-order valence-electron chi connectivity index (χ1n) is 2.62. The Morgan fingerprint density at radius 3 is 1.77 bits per heavy atom. The molecule has 0 bridgehead atoms. The third kappa shape index (κ3) is 5.99. The van der Waals surface area contributed by atoms with E-state index in [1.54, 1.807) is 0 Å². The number of hydrogen-bond donors (Lipinski definition) is 1. The summed E-state index contributed by atoms with van der Waals surface area (Å²) in [5, 5.41) is 17.3. The second-order valence-electron chi connectivity index (χ2n) is 1.90. The Bertz CT molecular complexity index is 294. The molecule has 0 spiro atoms. The molecule has 0 heterocycles. The molecule has 0 amide bonds. The molecule has 1 unspecified atom stereocenters. The quantitative estimate of drug-likeness (QED) is 0.366. The van der Waals surface area contributed by atoms with Crippen LogP contribution in [-0.4, -0.2) is 30.2 Å². The summed E-state index contributed by atoms with van der Waals surface area (Å²) in [5.41, 5.74) is 0. The zero-order valence-electron chi connectivity index (χ0n) is 6.59. The summed E-state index contributed by atoms with van der Waals surface area (Å²) < 4.78 is 28.5. The number of rotatable bonds is 4. The molecule has 0 aliphatic heterocycles. The molecule has 1 N–H and O–H groups in total. The predicted molar refractivity (Wildman–Crippen MR) is 30.0 cm³/mol. The van der Waals surface area contributed by atoms with Gasteiger partial charge in [0.2, 0.25) is 0 Å². The van der Waals surface area contributed by atoms with E-state index < -0.39 is 33.7 Å². The Kier molecular flexibility index (Phi) is 6.55. The van der Waals surface area contributed by atoms with Crippen molar-refractivity contribution in [3.8, 4) is 0 Å². The van der Waals surface area contributed by atoms with Gasteiger partial charge in [-0.25, -0.2) is 0 Å². The van der Waals surface area contributed by atoms with Crippen molar-refractivity contribution < 1.29 is 62.3 Å². The molecule has 0 aromatic heterocycles. The number of hydrogen-bond acceptors (Lipinski definition) is 6. The van der Waals surface area contributed by atoms with Crippen LogP contribution in [0.4, 0.5) is 0 Å². The van der Waals surface area contributed by atoms with E-state index in [1.807, 2.05) is 0 Å². The Morgan fingerprint density at radius 2 is 1.69 bits per heavy atom. The molecule has 0 saturated heterocycles. The Labute approximate surface area is 95.8 Å². The second-order valence-corrected chi connectivity index (χ2v) is 3.50. The molecule has 1 atom stereocenters. The van der Waals surface area contributed by atoms with Crippen LogP contribution in [0.3, 0.4) is 0 Å². The minimum absolute atomic E-state index is 0. The van der Waals surface area contributed by atoms with E-state index >= 15 is 0 Å². The molecule has 7 nitrogen and oxygen atoms in total. The molecular formula is C4H4NaO7S-. The van der Waals surface area contributed by atoms with E-state index in [4.69, 9.17) is 4.55 Å². The van der Waals surface area contributed by atoms with E-state index in [2.05, 4.69) is 0 Å². The van der Waals surface area contributed by atoms with Crippen LogP contribution in [-0.2, 0) is 19.7 Å². The average molecular weight is 219 g/mol. The van der Waals surface area contributed by atoms with E-state index in [1.165, 1.54) is 0 Å². The number of carboxylic acids is 2. The topological polar surface area (TPSA) is 135 Å². The smallest absolute Gasteiger partial charge is 0.550 e. The molecule has 0 aromatic carbocycles. The molecule has 0 saturated carbocycles. The molecule has 0 rings (SSSR count). The number of carbonyl (C=O) groups is 2. The molecule has 0 aliphatic rings. The predicted octanol–water partition coefficient (Wildman–Crippen LogP) is -6.86. The van der Waals surface area contributed by atoms with Gasteiger partial charge in [0.1, 0.15) is 5.25 Å². The zero-order valence-corrected chi connectivity index (χ0v) is 9.41. The summed E-state index contributed by atoms with van der Waals surface area (Å²) in [5.74, 6) is -4.08. The van der Waals surface area contributed by atoms with Crippen LogP contribution in [0.1, 0.15) is 6.42 Å². The zero-order chi connectivity index (χ0) is 9.94. The monoisotopic (exact) mass is 219 g/mol. The summed E-state index contributed by atoms with van der Waals surface area (Å²) in [6.07, 6.45) is -1.33. The van der Waals surface area contributed by atoms with Crippen molar-refractivity contribution in [3.05, 3.63) is 0 Å². The van der Waals surface area contributed by atoms with Gasteiger partial charge in [-0.15, -0.1) is 0 Å². The van der Waals surface area contributed by atoms with Gasteiger partial charge in [0.15, 0.2) is 0 Å². The summed E-state index contributed by atoms with van der Waals surface area (Å²) in [6, 6.07) is 0. The van der Waals surface area contributed by atoms with Gasteiger partial charge < -0.3 is 19.8 Å². The van der Waals surface area contributed by atoms with Gasteiger partial charge in [0.05, 0.1) is 5.97 Å². The van der Waals surface area contributed by atoms with Crippen LogP contribution < -0.4 is 39.8 Å². The molecule has 0 fully saturated rings. The van der Waals surface area contributed by atoms with Crippen LogP contribution in [0.15, 0.2) is 0 Å². The van der Waals surface area contributed by atoms with Gasteiger partial charge in [-0.1, -0.05) is 0 Å². The van der Waals surface area contributed by atoms with Gasteiger partial charge >= 0.3 is 29.6 Å². The summed E-state index contributed by atoms with van der Waals surface area (Å²) in [4.78, 5) is 19.7. The first-order valence-corrected chi connectivity index (χ1v) is 4.12. The summed E-state index contributed by atoms with van der Waals surface area (Å²) in [7, 11) is -4.94. The van der Waals surface area contributed by atoms with Crippen LogP contribution in [0.2, 0.25) is 0 Å². The van der Waals surface area contributed by atoms with Crippen molar-refractivity contribution in [1.82, 2.24) is 0 Å². The van der Waals surface area contributed by atoms with Crippen molar-refractivity contribution >= 4 is 22.1 Å². The molecule has 13 heavy (non-hydrogen) atoms. The van der Waals surface area contributed by atoms with Crippen molar-refractivity contribution in [2.24, 2.45) is 0 Å². The van der Waals surface area contributed by atoms with Crippen LogP contribution in [0, 0.1) is 0 Å². The van der Waals surface area contributed by atoms with Crippen LogP contribution >= 0.6 is 0 Å². The van der Waals surface area contributed by atoms with Gasteiger partial charge in [0, 0.05) is 12.4 Å². The van der Waals surface area contributed by atoms with Gasteiger partial charge in [-0.3, -0.25) is 4.55 Å². The van der Waals surface area contributed by atoms with E-state index in [0.29, 0.717) is 0 Å². The molecule has 70 valence electrons. The van der Waals surface area contributed by atoms with E-state index in [-0.39, 0.29) is 29.6 Å². The SMILES string of the molecule is O=C([O-])CC(C(=O)[O-])S(=O)(=O)O.[Na+].